The van der Waals surface area contributed by atoms with Crippen LogP contribution in [0.5, 0.6) is 0 Å². The van der Waals surface area contributed by atoms with Crippen molar-refractivity contribution in [1.29, 1.82) is 0 Å². The first-order chi connectivity index (χ1) is 7.36. The topological polar surface area (TPSA) is 45.1 Å². The van der Waals surface area contributed by atoms with Gasteiger partial charge in [0.25, 0.3) is 0 Å². The molecule has 0 atom stereocenters. The standard InChI is InChI=1S/C10H18N2OS2/c1-2-9-8-15-10(12-9)11-4-7-14-6-3-5-13/h8,13H,2-7H2,1H3,(H,11,12). The minimum Gasteiger partial charge on any atom is -0.396 e. The van der Waals surface area contributed by atoms with Crippen molar-refractivity contribution in [3.63, 3.8) is 0 Å². The van der Waals surface area contributed by atoms with E-state index in [0.717, 1.165) is 41.7 Å². The number of hydrogen-bond acceptors (Lipinski definition) is 5. The fourth-order valence-corrected chi connectivity index (χ4v) is 2.66. The molecule has 86 valence electrons. The number of anilines is 1. The van der Waals surface area contributed by atoms with Crippen LogP contribution in [0.1, 0.15) is 19.0 Å². The SMILES string of the molecule is CCc1csc(NCCSCCCO)n1. The maximum atomic E-state index is 8.59. The van der Waals surface area contributed by atoms with Crippen molar-refractivity contribution in [3.8, 4) is 0 Å². The monoisotopic (exact) mass is 246 g/mol. The van der Waals surface area contributed by atoms with Gasteiger partial charge < -0.3 is 10.4 Å². The highest BCUT2D eigenvalue weighted by Crippen LogP contribution is 2.15. The van der Waals surface area contributed by atoms with Crippen molar-refractivity contribution < 1.29 is 5.11 Å². The number of thioether (sulfide) groups is 1. The number of rotatable bonds is 8. The second kappa shape index (κ2) is 7.96. The molecular formula is C10H18N2OS2. The molecule has 2 N–H and O–H groups in total. The Morgan fingerprint density at radius 3 is 3.07 bits per heavy atom. The predicted octanol–water partition coefficient (Wildman–Crippen LogP) is 2.23. The average Bonchev–Trinajstić information content (AvgIpc) is 2.71. The molecule has 0 saturated heterocycles. The zero-order valence-corrected chi connectivity index (χ0v) is 10.7. The Morgan fingerprint density at radius 2 is 2.40 bits per heavy atom. The maximum absolute atomic E-state index is 8.59. The van der Waals surface area contributed by atoms with Gasteiger partial charge in [0.1, 0.15) is 0 Å². The molecular weight excluding hydrogens is 228 g/mol. The van der Waals surface area contributed by atoms with Crippen molar-refractivity contribution in [2.24, 2.45) is 0 Å². The van der Waals surface area contributed by atoms with Gasteiger partial charge in [0, 0.05) is 24.3 Å². The molecule has 0 bridgehead atoms. The molecule has 1 rings (SSSR count). The van der Waals surface area contributed by atoms with Crippen LogP contribution in [0.3, 0.4) is 0 Å². The van der Waals surface area contributed by atoms with Crippen molar-refractivity contribution in [2.45, 2.75) is 19.8 Å². The number of aliphatic hydroxyl groups excluding tert-OH is 1. The Bertz CT molecular complexity index is 266. The average molecular weight is 246 g/mol. The van der Waals surface area contributed by atoms with Crippen LogP contribution < -0.4 is 5.32 Å². The lowest BCUT2D eigenvalue weighted by molar-refractivity contribution is 0.296. The van der Waals surface area contributed by atoms with Gasteiger partial charge in [-0.2, -0.15) is 11.8 Å². The van der Waals surface area contributed by atoms with E-state index < -0.39 is 0 Å². The largest absolute Gasteiger partial charge is 0.396 e. The highest BCUT2D eigenvalue weighted by atomic mass is 32.2. The summed E-state index contributed by atoms with van der Waals surface area (Å²) >= 11 is 3.53. The van der Waals surface area contributed by atoms with Gasteiger partial charge in [-0.25, -0.2) is 4.98 Å². The van der Waals surface area contributed by atoms with Crippen LogP contribution in [0.15, 0.2) is 5.38 Å². The second-order valence-electron chi connectivity index (χ2n) is 3.11. The molecule has 1 aromatic rings. The van der Waals surface area contributed by atoms with E-state index in [1.165, 1.54) is 0 Å². The normalized spacial score (nSPS) is 10.5. The van der Waals surface area contributed by atoms with Gasteiger partial charge in [-0.3, -0.25) is 0 Å². The van der Waals surface area contributed by atoms with Gasteiger partial charge in [0.05, 0.1) is 5.69 Å². The molecule has 0 unspecified atom stereocenters. The quantitative estimate of drug-likeness (QED) is 0.691. The van der Waals surface area contributed by atoms with E-state index in [-0.39, 0.29) is 0 Å². The lowest BCUT2D eigenvalue weighted by atomic mass is 10.4. The molecule has 15 heavy (non-hydrogen) atoms. The zero-order chi connectivity index (χ0) is 10.9. The number of nitrogens with zero attached hydrogens (tertiary/aromatic N) is 1. The first-order valence-electron chi connectivity index (χ1n) is 5.23. The summed E-state index contributed by atoms with van der Waals surface area (Å²) in [5.74, 6) is 2.11. The third-order valence-corrected chi connectivity index (χ3v) is 3.80. The molecule has 1 heterocycles. The summed E-state index contributed by atoms with van der Waals surface area (Å²) in [5.41, 5.74) is 1.16. The first kappa shape index (κ1) is 12.8. The molecule has 0 aliphatic heterocycles. The number of aromatic nitrogens is 1. The van der Waals surface area contributed by atoms with E-state index in [4.69, 9.17) is 5.11 Å². The molecule has 0 aliphatic rings. The highest BCUT2D eigenvalue weighted by Gasteiger charge is 1.98. The molecule has 1 aromatic heterocycles. The van der Waals surface area contributed by atoms with E-state index in [1.54, 1.807) is 11.3 Å². The van der Waals surface area contributed by atoms with E-state index in [2.05, 4.69) is 22.6 Å². The van der Waals surface area contributed by atoms with Crippen LogP contribution in [-0.4, -0.2) is 34.7 Å². The molecule has 5 heteroatoms. The van der Waals surface area contributed by atoms with Crippen LogP contribution in [0, 0.1) is 0 Å². The van der Waals surface area contributed by atoms with Crippen LogP contribution in [0.2, 0.25) is 0 Å². The van der Waals surface area contributed by atoms with Gasteiger partial charge >= 0.3 is 0 Å². The van der Waals surface area contributed by atoms with Crippen molar-refractivity contribution in [2.75, 3.05) is 30.0 Å². The zero-order valence-electron chi connectivity index (χ0n) is 9.03. The first-order valence-corrected chi connectivity index (χ1v) is 7.27. The van der Waals surface area contributed by atoms with Crippen LogP contribution in [-0.2, 0) is 6.42 Å². The second-order valence-corrected chi connectivity index (χ2v) is 5.20. The van der Waals surface area contributed by atoms with Gasteiger partial charge in [-0.1, -0.05) is 6.92 Å². The lowest BCUT2D eigenvalue weighted by Crippen LogP contribution is -2.04. The van der Waals surface area contributed by atoms with Crippen LogP contribution in [0.4, 0.5) is 5.13 Å². The minimum absolute atomic E-state index is 0.298. The van der Waals surface area contributed by atoms with E-state index in [0.29, 0.717) is 6.61 Å². The predicted molar refractivity (Wildman–Crippen MR) is 69.0 cm³/mol. The summed E-state index contributed by atoms with van der Waals surface area (Å²) in [6.07, 6.45) is 1.89. The summed E-state index contributed by atoms with van der Waals surface area (Å²) in [5, 5.41) is 15.0. The molecule has 0 amide bonds. The van der Waals surface area contributed by atoms with Gasteiger partial charge in [0.15, 0.2) is 5.13 Å². The van der Waals surface area contributed by atoms with E-state index in [9.17, 15) is 0 Å². The smallest absolute Gasteiger partial charge is 0.182 e. The van der Waals surface area contributed by atoms with Crippen molar-refractivity contribution >= 4 is 28.2 Å². The van der Waals surface area contributed by atoms with Crippen molar-refractivity contribution in [1.82, 2.24) is 4.98 Å². The molecule has 0 aromatic carbocycles. The maximum Gasteiger partial charge on any atom is 0.182 e. The molecule has 0 spiro atoms. The fourth-order valence-electron chi connectivity index (χ4n) is 1.05. The molecule has 0 saturated carbocycles. The summed E-state index contributed by atoms with van der Waals surface area (Å²) < 4.78 is 0. The third-order valence-electron chi connectivity index (χ3n) is 1.88. The number of aliphatic hydroxyl groups is 1. The van der Waals surface area contributed by atoms with Gasteiger partial charge in [-0.05, 0) is 18.6 Å². The van der Waals surface area contributed by atoms with Gasteiger partial charge in [-0.15, -0.1) is 11.3 Å². The molecule has 3 nitrogen and oxygen atoms in total. The van der Waals surface area contributed by atoms with Crippen LogP contribution >= 0.6 is 23.1 Å². The Kier molecular flexibility index (Phi) is 6.80. The summed E-state index contributed by atoms with van der Waals surface area (Å²) in [6, 6.07) is 0. The Balaban J connectivity index is 2.04. The third kappa shape index (κ3) is 5.39. The van der Waals surface area contributed by atoms with Crippen molar-refractivity contribution in [3.05, 3.63) is 11.1 Å². The fraction of sp³-hybridized carbons (Fsp3) is 0.700. The van der Waals surface area contributed by atoms with Crippen LogP contribution in [0.25, 0.3) is 0 Å². The Labute approximate surface area is 99.3 Å². The minimum atomic E-state index is 0.298. The van der Waals surface area contributed by atoms with E-state index >= 15 is 0 Å². The van der Waals surface area contributed by atoms with Gasteiger partial charge in [0.2, 0.25) is 0 Å². The molecule has 0 aliphatic carbocycles. The number of thiazole rings is 1. The summed E-state index contributed by atoms with van der Waals surface area (Å²) in [4.78, 5) is 4.42. The number of aryl methyl sites for hydroxylation is 1. The molecule has 0 radical (unpaired) electrons. The highest BCUT2D eigenvalue weighted by molar-refractivity contribution is 7.99. The lowest BCUT2D eigenvalue weighted by Gasteiger charge is -2.01. The summed E-state index contributed by atoms with van der Waals surface area (Å²) in [7, 11) is 0. The Hall–Kier alpha value is -0.260. The van der Waals surface area contributed by atoms with E-state index in [1.807, 2.05) is 11.8 Å². The summed E-state index contributed by atoms with van der Waals surface area (Å²) in [6.45, 7) is 3.36. The molecule has 0 fully saturated rings. The number of hydrogen-bond donors (Lipinski definition) is 2. The number of nitrogens with one attached hydrogen (secondary N) is 1. The Morgan fingerprint density at radius 1 is 1.53 bits per heavy atom.